The quantitative estimate of drug-likeness (QED) is 0.740. The molecule has 1 saturated heterocycles. The average molecular weight is 262 g/mol. The molecule has 0 aromatic carbocycles. The monoisotopic (exact) mass is 262 g/mol. The summed E-state index contributed by atoms with van der Waals surface area (Å²) >= 11 is 0. The SMILES string of the molecule is CCCC(N)CC(=O)NC1CCCS(=O)(=O)C1. The van der Waals surface area contributed by atoms with Crippen LogP contribution in [0.2, 0.25) is 0 Å². The molecule has 1 fully saturated rings. The molecule has 2 atom stereocenters. The van der Waals surface area contributed by atoms with Crippen LogP contribution < -0.4 is 11.1 Å². The van der Waals surface area contributed by atoms with Gasteiger partial charge in [-0.3, -0.25) is 4.79 Å². The first kappa shape index (κ1) is 14.4. The first-order valence-corrected chi connectivity index (χ1v) is 8.00. The van der Waals surface area contributed by atoms with Crippen LogP contribution in [0.3, 0.4) is 0 Å². The van der Waals surface area contributed by atoms with E-state index in [1.165, 1.54) is 0 Å². The van der Waals surface area contributed by atoms with Gasteiger partial charge in [0.2, 0.25) is 5.91 Å². The molecule has 100 valence electrons. The lowest BCUT2D eigenvalue weighted by Crippen LogP contribution is -2.44. The zero-order valence-corrected chi connectivity index (χ0v) is 11.1. The van der Waals surface area contributed by atoms with Gasteiger partial charge in [-0.1, -0.05) is 13.3 Å². The molecule has 1 rings (SSSR count). The van der Waals surface area contributed by atoms with E-state index in [2.05, 4.69) is 5.32 Å². The predicted molar refractivity (Wildman–Crippen MR) is 67.3 cm³/mol. The van der Waals surface area contributed by atoms with Crippen LogP contribution in [0.1, 0.15) is 39.0 Å². The van der Waals surface area contributed by atoms with Gasteiger partial charge in [-0.05, 0) is 19.3 Å². The molecular weight excluding hydrogens is 240 g/mol. The average Bonchev–Trinajstić information content (AvgIpc) is 2.15. The van der Waals surface area contributed by atoms with E-state index in [9.17, 15) is 13.2 Å². The molecule has 17 heavy (non-hydrogen) atoms. The zero-order chi connectivity index (χ0) is 12.9. The summed E-state index contributed by atoms with van der Waals surface area (Å²) in [5.41, 5.74) is 5.76. The van der Waals surface area contributed by atoms with Gasteiger partial charge in [0.15, 0.2) is 9.84 Å². The maximum atomic E-state index is 11.6. The van der Waals surface area contributed by atoms with Crippen molar-refractivity contribution in [2.75, 3.05) is 11.5 Å². The Morgan fingerprint density at radius 3 is 2.82 bits per heavy atom. The number of hydrogen-bond acceptors (Lipinski definition) is 4. The Hall–Kier alpha value is -0.620. The summed E-state index contributed by atoms with van der Waals surface area (Å²) in [7, 11) is -2.96. The summed E-state index contributed by atoms with van der Waals surface area (Å²) in [4.78, 5) is 11.6. The molecule has 0 aromatic rings. The minimum atomic E-state index is -2.96. The minimum Gasteiger partial charge on any atom is -0.352 e. The van der Waals surface area contributed by atoms with Gasteiger partial charge in [0.25, 0.3) is 0 Å². The number of carbonyl (C=O) groups excluding carboxylic acids is 1. The third-order valence-electron chi connectivity index (χ3n) is 2.94. The molecule has 0 bridgehead atoms. The van der Waals surface area contributed by atoms with Crippen LogP contribution in [0.5, 0.6) is 0 Å². The standard InChI is InChI=1S/C11H22N2O3S/c1-2-4-9(12)7-11(14)13-10-5-3-6-17(15,16)8-10/h9-10H,2-8,12H2,1H3,(H,13,14). The third kappa shape index (κ3) is 5.50. The molecule has 0 saturated carbocycles. The van der Waals surface area contributed by atoms with Crippen molar-refractivity contribution >= 4 is 15.7 Å². The predicted octanol–water partition coefficient (Wildman–Crippen LogP) is 0.197. The smallest absolute Gasteiger partial charge is 0.221 e. The fourth-order valence-corrected chi connectivity index (χ4v) is 3.77. The summed E-state index contributed by atoms with van der Waals surface area (Å²) in [5, 5.41) is 2.77. The Morgan fingerprint density at radius 1 is 1.53 bits per heavy atom. The molecule has 0 aliphatic carbocycles. The molecule has 0 aromatic heterocycles. The maximum absolute atomic E-state index is 11.6. The van der Waals surface area contributed by atoms with E-state index in [-0.39, 0.29) is 35.9 Å². The van der Waals surface area contributed by atoms with Crippen LogP contribution in [0.15, 0.2) is 0 Å². The second kappa shape index (κ2) is 6.35. The highest BCUT2D eigenvalue weighted by atomic mass is 32.2. The van der Waals surface area contributed by atoms with Crippen LogP contribution in [-0.4, -0.2) is 37.9 Å². The van der Waals surface area contributed by atoms with Gasteiger partial charge >= 0.3 is 0 Å². The maximum Gasteiger partial charge on any atom is 0.221 e. The Balaban J connectivity index is 2.36. The lowest BCUT2D eigenvalue weighted by atomic mass is 10.1. The van der Waals surface area contributed by atoms with E-state index in [1.54, 1.807) is 0 Å². The summed E-state index contributed by atoms with van der Waals surface area (Å²) in [6.45, 7) is 2.02. The van der Waals surface area contributed by atoms with E-state index in [0.717, 1.165) is 19.3 Å². The van der Waals surface area contributed by atoms with Crippen LogP contribution in [0.25, 0.3) is 0 Å². The number of nitrogens with one attached hydrogen (secondary N) is 1. The van der Waals surface area contributed by atoms with Gasteiger partial charge in [-0.2, -0.15) is 0 Å². The number of sulfone groups is 1. The van der Waals surface area contributed by atoms with Crippen LogP contribution in [-0.2, 0) is 14.6 Å². The molecule has 1 aliphatic heterocycles. The fraction of sp³-hybridized carbons (Fsp3) is 0.909. The number of hydrogen-bond donors (Lipinski definition) is 2. The Labute approximate surface area is 103 Å². The number of nitrogens with two attached hydrogens (primary N) is 1. The Bertz CT molecular complexity index is 354. The van der Waals surface area contributed by atoms with Gasteiger partial charge in [0.1, 0.15) is 0 Å². The largest absolute Gasteiger partial charge is 0.352 e. The van der Waals surface area contributed by atoms with E-state index in [0.29, 0.717) is 6.42 Å². The highest BCUT2D eigenvalue weighted by Crippen LogP contribution is 2.12. The molecule has 1 amide bonds. The van der Waals surface area contributed by atoms with Crippen molar-refractivity contribution in [3.8, 4) is 0 Å². The zero-order valence-electron chi connectivity index (χ0n) is 10.3. The fourth-order valence-electron chi connectivity index (χ4n) is 2.13. The lowest BCUT2D eigenvalue weighted by molar-refractivity contribution is -0.122. The highest BCUT2D eigenvalue weighted by Gasteiger charge is 2.26. The van der Waals surface area contributed by atoms with Crippen molar-refractivity contribution < 1.29 is 13.2 Å². The highest BCUT2D eigenvalue weighted by molar-refractivity contribution is 7.91. The van der Waals surface area contributed by atoms with E-state index in [4.69, 9.17) is 5.73 Å². The molecule has 2 unspecified atom stereocenters. The first-order chi connectivity index (χ1) is 7.93. The number of rotatable bonds is 5. The molecule has 0 radical (unpaired) electrons. The number of amides is 1. The molecule has 6 heteroatoms. The second-order valence-electron chi connectivity index (χ2n) is 4.77. The third-order valence-corrected chi connectivity index (χ3v) is 4.76. The second-order valence-corrected chi connectivity index (χ2v) is 7.00. The van der Waals surface area contributed by atoms with Crippen LogP contribution in [0, 0.1) is 0 Å². The van der Waals surface area contributed by atoms with Crippen LogP contribution in [0.4, 0.5) is 0 Å². The topological polar surface area (TPSA) is 89.3 Å². The minimum absolute atomic E-state index is 0.0712. The van der Waals surface area contributed by atoms with E-state index in [1.807, 2.05) is 6.92 Å². The summed E-state index contributed by atoms with van der Waals surface area (Å²) in [5.74, 6) is 0.185. The molecular formula is C11H22N2O3S. The van der Waals surface area contributed by atoms with Gasteiger partial charge in [0, 0.05) is 18.5 Å². The van der Waals surface area contributed by atoms with Crippen molar-refractivity contribution in [2.24, 2.45) is 5.73 Å². The van der Waals surface area contributed by atoms with E-state index >= 15 is 0 Å². The van der Waals surface area contributed by atoms with E-state index < -0.39 is 9.84 Å². The Morgan fingerprint density at radius 2 is 2.24 bits per heavy atom. The van der Waals surface area contributed by atoms with Gasteiger partial charge in [0.05, 0.1) is 11.5 Å². The van der Waals surface area contributed by atoms with Crippen molar-refractivity contribution in [1.29, 1.82) is 0 Å². The lowest BCUT2D eigenvalue weighted by Gasteiger charge is -2.23. The molecule has 5 nitrogen and oxygen atoms in total. The molecule has 0 spiro atoms. The van der Waals surface area contributed by atoms with Crippen molar-refractivity contribution in [1.82, 2.24) is 5.32 Å². The first-order valence-electron chi connectivity index (χ1n) is 6.18. The summed E-state index contributed by atoms with van der Waals surface area (Å²) < 4.78 is 22.8. The van der Waals surface area contributed by atoms with Gasteiger partial charge < -0.3 is 11.1 Å². The van der Waals surface area contributed by atoms with Crippen molar-refractivity contribution in [2.45, 2.75) is 51.1 Å². The van der Waals surface area contributed by atoms with Crippen molar-refractivity contribution in [3.63, 3.8) is 0 Å². The normalized spacial score (nSPS) is 25.2. The summed E-state index contributed by atoms with van der Waals surface area (Å²) in [6, 6.07) is -0.352. The number of carbonyl (C=O) groups is 1. The molecule has 3 N–H and O–H groups in total. The van der Waals surface area contributed by atoms with Gasteiger partial charge in [-0.15, -0.1) is 0 Å². The van der Waals surface area contributed by atoms with Crippen LogP contribution >= 0.6 is 0 Å². The Kier molecular flexibility index (Phi) is 5.39. The molecule has 1 heterocycles. The summed E-state index contributed by atoms with van der Waals surface area (Å²) in [6.07, 6.45) is 3.43. The van der Waals surface area contributed by atoms with Gasteiger partial charge in [-0.25, -0.2) is 8.42 Å². The molecule has 1 aliphatic rings. The van der Waals surface area contributed by atoms with Crippen molar-refractivity contribution in [3.05, 3.63) is 0 Å².